The fraction of sp³-hybridized carbons (Fsp3) is 0. The molecule has 0 aliphatic rings. The number of urea groups is 1. The lowest BCUT2D eigenvalue weighted by Gasteiger charge is -1.95. The Kier molecular flexibility index (Phi) is 3.33. The molecule has 0 aromatic heterocycles. The molecule has 0 atom stereocenters. The zero-order valence-electron chi connectivity index (χ0n) is 7.58. The van der Waals surface area contributed by atoms with Crippen LogP contribution in [0.3, 0.4) is 0 Å². The fourth-order valence-electron chi connectivity index (χ4n) is 0.928. The zero-order chi connectivity index (χ0) is 11.3. The topological polar surface area (TPSA) is 111 Å². The number of hydrazone groups is 1. The van der Waals surface area contributed by atoms with E-state index in [0.29, 0.717) is 0 Å². The number of nitrogens with zero attached hydrogens (tertiary/aromatic N) is 2. The Morgan fingerprint density at radius 3 is 2.80 bits per heavy atom. The molecule has 7 heteroatoms. The normalized spacial score (nSPS) is 10.1. The summed E-state index contributed by atoms with van der Waals surface area (Å²) >= 11 is 0. The van der Waals surface area contributed by atoms with Crippen molar-refractivity contribution < 1.29 is 9.72 Å². The Balaban J connectivity index is 2.89. The number of nitro groups is 1. The molecule has 0 saturated heterocycles. The molecule has 0 radical (unpaired) electrons. The van der Waals surface area contributed by atoms with Gasteiger partial charge < -0.3 is 5.73 Å². The molecule has 1 aromatic carbocycles. The fourth-order valence-corrected chi connectivity index (χ4v) is 0.928. The van der Waals surface area contributed by atoms with Crippen molar-refractivity contribution in [2.24, 2.45) is 10.8 Å². The molecule has 0 bridgehead atoms. The zero-order valence-corrected chi connectivity index (χ0v) is 7.58. The second-order valence-corrected chi connectivity index (χ2v) is 2.55. The van der Waals surface area contributed by atoms with Gasteiger partial charge in [-0.25, -0.2) is 10.2 Å². The number of benzene rings is 1. The van der Waals surface area contributed by atoms with Crippen molar-refractivity contribution >= 4 is 17.9 Å². The third-order valence-corrected chi connectivity index (χ3v) is 1.51. The van der Waals surface area contributed by atoms with Gasteiger partial charge in [0.2, 0.25) is 0 Å². The van der Waals surface area contributed by atoms with Crippen LogP contribution in [0.1, 0.15) is 5.56 Å². The number of nitrogens with one attached hydrogen (secondary N) is 1. The van der Waals surface area contributed by atoms with Crippen molar-refractivity contribution in [3.05, 3.63) is 39.9 Å². The van der Waals surface area contributed by atoms with Crippen LogP contribution in [-0.4, -0.2) is 17.2 Å². The van der Waals surface area contributed by atoms with Crippen LogP contribution in [0, 0.1) is 10.1 Å². The van der Waals surface area contributed by atoms with Crippen LogP contribution in [-0.2, 0) is 0 Å². The van der Waals surface area contributed by atoms with Gasteiger partial charge in [0.15, 0.2) is 0 Å². The maximum atomic E-state index is 10.6. The van der Waals surface area contributed by atoms with Crippen LogP contribution in [0.5, 0.6) is 0 Å². The highest BCUT2D eigenvalue weighted by atomic mass is 16.6. The third kappa shape index (κ3) is 3.07. The van der Waals surface area contributed by atoms with Crippen LogP contribution >= 0.6 is 0 Å². The SMILES string of the molecule is N[13C](=O)[15NH]/[15N]=C\c1ccccc1[N+](=O)[O-]. The first-order valence-electron chi connectivity index (χ1n) is 3.93. The molecule has 0 aliphatic carbocycles. The summed E-state index contributed by atoms with van der Waals surface area (Å²) in [5.74, 6) is 0. The van der Waals surface area contributed by atoms with Gasteiger partial charge in [0.25, 0.3) is 5.69 Å². The monoisotopic (exact) mass is 211 g/mol. The number of rotatable bonds is 3. The number of nitro benzene ring substituents is 1. The van der Waals surface area contributed by atoms with Crippen LogP contribution < -0.4 is 11.2 Å². The van der Waals surface area contributed by atoms with E-state index in [1.807, 2.05) is 5.43 Å². The summed E-state index contributed by atoms with van der Waals surface area (Å²) < 4.78 is 0. The van der Waals surface area contributed by atoms with E-state index in [9.17, 15) is 14.9 Å². The van der Waals surface area contributed by atoms with E-state index in [1.54, 1.807) is 6.07 Å². The molecule has 2 amide bonds. The van der Waals surface area contributed by atoms with Crippen LogP contribution in [0.25, 0.3) is 0 Å². The number of carbonyl (C=O) groups is 1. The summed E-state index contributed by atoms with van der Waals surface area (Å²) in [7, 11) is 0. The molecule has 0 aliphatic heterocycles. The van der Waals surface area contributed by atoms with E-state index in [-0.39, 0.29) is 11.3 Å². The lowest BCUT2D eigenvalue weighted by Crippen LogP contribution is -2.24. The maximum absolute atomic E-state index is 10.6. The second-order valence-electron chi connectivity index (χ2n) is 2.55. The first-order valence-corrected chi connectivity index (χ1v) is 3.93. The van der Waals surface area contributed by atoms with Crippen LogP contribution in [0.15, 0.2) is 29.4 Å². The molecule has 0 spiro atoms. The van der Waals surface area contributed by atoms with Gasteiger partial charge in [-0.1, -0.05) is 12.1 Å². The number of nitrogens with two attached hydrogens (primary N) is 1. The van der Waals surface area contributed by atoms with Crippen molar-refractivity contribution in [2.75, 3.05) is 0 Å². The Hall–Kier alpha value is -2.44. The van der Waals surface area contributed by atoms with Gasteiger partial charge in [0.05, 0.1) is 16.7 Å². The third-order valence-electron chi connectivity index (χ3n) is 1.51. The average molecular weight is 211 g/mol. The van der Waals surface area contributed by atoms with Crippen molar-refractivity contribution in [3.63, 3.8) is 0 Å². The van der Waals surface area contributed by atoms with Crippen molar-refractivity contribution in [1.82, 2.24) is 5.43 Å². The lowest BCUT2D eigenvalue weighted by atomic mass is 10.2. The molecule has 78 valence electrons. The summed E-state index contributed by atoms with van der Waals surface area (Å²) in [5.41, 5.74) is 6.90. The minimum absolute atomic E-state index is 0.0903. The van der Waals surface area contributed by atoms with E-state index >= 15 is 0 Å². The van der Waals surface area contributed by atoms with Gasteiger partial charge in [-0.3, -0.25) is 10.1 Å². The van der Waals surface area contributed by atoms with Gasteiger partial charge in [0.1, 0.15) is 0 Å². The largest absolute Gasteiger partial charge is 0.350 e. The summed E-state index contributed by atoms with van der Waals surface area (Å²) in [5, 5.41) is 14.0. The molecule has 7 nitrogen and oxygen atoms in total. The first kappa shape index (κ1) is 10.6. The Bertz CT molecular complexity index is 416. The first-order chi connectivity index (χ1) is 7.11. The van der Waals surface area contributed by atoms with Crippen LogP contribution in [0.4, 0.5) is 10.5 Å². The average Bonchev–Trinajstić information content (AvgIpc) is 2.17. The van der Waals surface area contributed by atoms with Crippen molar-refractivity contribution in [1.29, 1.82) is 0 Å². The number of carbonyl (C=O) groups excluding carboxylic acids is 1. The highest BCUT2D eigenvalue weighted by molar-refractivity contribution is 5.86. The van der Waals surface area contributed by atoms with Crippen LogP contribution in [0.2, 0.25) is 0 Å². The van der Waals surface area contributed by atoms with E-state index < -0.39 is 11.0 Å². The van der Waals surface area contributed by atoms with Gasteiger partial charge in [-0.2, -0.15) is 5.10 Å². The van der Waals surface area contributed by atoms with Gasteiger partial charge in [0, 0.05) is 6.07 Å². The molecule has 1 aromatic rings. The molecule has 1 rings (SSSR count). The minimum Gasteiger partial charge on any atom is -0.350 e. The van der Waals surface area contributed by atoms with Gasteiger partial charge in [-0.05, 0) is 6.07 Å². The number of hydrogen-bond acceptors (Lipinski definition) is 4. The predicted octanol–water partition coefficient (Wildman–Crippen LogP) is 0.597. The van der Waals surface area contributed by atoms with E-state index in [4.69, 9.17) is 5.73 Å². The van der Waals surface area contributed by atoms with Gasteiger partial charge >= 0.3 is 6.03 Å². The minimum atomic E-state index is -0.829. The van der Waals surface area contributed by atoms with E-state index in [1.165, 1.54) is 18.2 Å². The number of hydrogen-bond donors (Lipinski definition) is 2. The molecule has 15 heavy (non-hydrogen) atoms. The molecular weight excluding hydrogens is 203 g/mol. The highest BCUT2D eigenvalue weighted by Crippen LogP contribution is 2.14. The maximum Gasteiger partial charge on any atom is 0.332 e. The Labute approximate surface area is 84.7 Å². The summed E-state index contributed by atoms with van der Waals surface area (Å²) in [6.45, 7) is 0. The predicted molar refractivity (Wildman–Crippen MR) is 53.4 cm³/mol. The smallest absolute Gasteiger partial charge is 0.332 e. The number of amides is 2. The Morgan fingerprint density at radius 1 is 1.53 bits per heavy atom. The summed E-state index contributed by atoms with van der Waals surface area (Å²) in [6.07, 6.45) is 1.16. The molecule has 0 heterocycles. The van der Waals surface area contributed by atoms with Crippen molar-refractivity contribution in [3.8, 4) is 0 Å². The molecule has 0 fully saturated rings. The number of primary amides is 1. The standard InChI is InChI=1S/C8H8N4O3/c9-8(13)11-10-5-6-3-1-2-4-7(6)12(14)15/h1-5H,(H3,9,11,13)/b10-5-/i8+1,10+1,11+1. The second kappa shape index (κ2) is 4.70. The van der Waals surface area contributed by atoms with Gasteiger partial charge in [-0.15, -0.1) is 0 Å². The van der Waals surface area contributed by atoms with E-state index in [2.05, 4.69) is 5.10 Å². The molecule has 3 N–H and O–H groups in total. The molecular formula is C8H8N4O3. The van der Waals surface area contributed by atoms with E-state index in [0.717, 1.165) is 6.21 Å². The van der Waals surface area contributed by atoms with Crippen molar-refractivity contribution in [2.45, 2.75) is 0 Å². The number of para-hydroxylation sites is 1. The quantitative estimate of drug-likeness (QED) is 0.251. The Morgan fingerprint density at radius 2 is 2.20 bits per heavy atom. The molecule has 0 saturated carbocycles. The summed E-state index contributed by atoms with van der Waals surface area (Å²) in [4.78, 5) is 20.3. The highest BCUT2D eigenvalue weighted by Gasteiger charge is 2.09. The lowest BCUT2D eigenvalue weighted by molar-refractivity contribution is -0.385. The summed E-state index contributed by atoms with van der Waals surface area (Å²) in [6, 6.07) is 5.18. The molecule has 0 unspecified atom stereocenters.